The summed E-state index contributed by atoms with van der Waals surface area (Å²) >= 11 is 0. The molecule has 1 aliphatic heterocycles. The van der Waals surface area contributed by atoms with Crippen LogP contribution in [-0.4, -0.2) is 62.2 Å². The highest BCUT2D eigenvalue weighted by Crippen LogP contribution is 2.24. The number of hydrogen-bond acceptors (Lipinski definition) is 3. The molecule has 1 saturated heterocycles. The highest BCUT2D eigenvalue weighted by atomic mass is 15.2. The van der Waals surface area contributed by atoms with E-state index in [0.29, 0.717) is 11.5 Å². The predicted octanol–water partition coefficient (Wildman–Crippen LogP) is 2.43. The molecular weight excluding hydrogens is 234 g/mol. The van der Waals surface area contributed by atoms with Crippen LogP contribution in [-0.2, 0) is 0 Å². The number of nitrogens with zero attached hydrogens (tertiary/aromatic N) is 2. The van der Waals surface area contributed by atoms with Gasteiger partial charge in [0, 0.05) is 18.6 Å². The molecule has 0 aromatic heterocycles. The first-order chi connectivity index (χ1) is 8.86. The fourth-order valence-electron chi connectivity index (χ4n) is 2.98. The predicted molar refractivity (Wildman–Crippen MR) is 84.7 cm³/mol. The van der Waals surface area contributed by atoms with E-state index in [4.69, 9.17) is 0 Å². The van der Waals surface area contributed by atoms with E-state index < -0.39 is 0 Å². The van der Waals surface area contributed by atoms with Gasteiger partial charge in [-0.3, -0.25) is 0 Å². The molecule has 0 bridgehead atoms. The van der Waals surface area contributed by atoms with Crippen molar-refractivity contribution in [3.63, 3.8) is 0 Å². The monoisotopic (exact) mass is 269 g/mol. The van der Waals surface area contributed by atoms with Gasteiger partial charge in [-0.05, 0) is 65.3 Å². The van der Waals surface area contributed by atoms with Gasteiger partial charge in [-0.1, -0.05) is 20.8 Å². The minimum atomic E-state index is 0.327. The van der Waals surface area contributed by atoms with Crippen molar-refractivity contribution in [2.75, 3.05) is 40.3 Å². The number of nitrogens with one attached hydrogen (secondary N) is 1. The minimum absolute atomic E-state index is 0.327. The normalized spacial score (nSPS) is 21.0. The van der Waals surface area contributed by atoms with Gasteiger partial charge in [0.2, 0.25) is 0 Å². The second-order valence-electron chi connectivity index (χ2n) is 7.11. The van der Waals surface area contributed by atoms with Crippen LogP contribution in [0.3, 0.4) is 0 Å². The summed E-state index contributed by atoms with van der Waals surface area (Å²) in [5.74, 6) is 0. The van der Waals surface area contributed by atoms with Crippen molar-refractivity contribution in [1.82, 2.24) is 15.1 Å². The molecule has 1 unspecified atom stereocenters. The Morgan fingerprint density at radius 3 is 2.42 bits per heavy atom. The van der Waals surface area contributed by atoms with E-state index in [-0.39, 0.29) is 0 Å². The highest BCUT2D eigenvalue weighted by Gasteiger charge is 2.30. The number of likely N-dealkylation sites (tertiary alicyclic amines) is 1. The average Bonchev–Trinajstić information content (AvgIpc) is 2.36. The Hall–Kier alpha value is -0.120. The standard InChI is InChI=1S/C16H35N3/c1-7-10-17-14(2)16(3,4)13-19(6)15-8-11-18(5)12-9-15/h14-15,17H,7-13H2,1-6H3. The van der Waals surface area contributed by atoms with Gasteiger partial charge in [0.25, 0.3) is 0 Å². The van der Waals surface area contributed by atoms with E-state index in [2.05, 4.69) is 56.9 Å². The summed E-state index contributed by atoms with van der Waals surface area (Å²) in [6, 6.07) is 1.34. The van der Waals surface area contributed by atoms with Crippen molar-refractivity contribution in [2.24, 2.45) is 5.41 Å². The molecule has 0 aromatic rings. The molecule has 0 aliphatic carbocycles. The molecule has 0 saturated carbocycles. The van der Waals surface area contributed by atoms with Gasteiger partial charge in [-0.2, -0.15) is 0 Å². The lowest BCUT2D eigenvalue weighted by Gasteiger charge is -2.41. The Kier molecular flexibility index (Phi) is 6.78. The molecule has 3 heteroatoms. The zero-order chi connectivity index (χ0) is 14.5. The summed E-state index contributed by atoms with van der Waals surface area (Å²) in [5, 5.41) is 3.65. The summed E-state index contributed by atoms with van der Waals surface area (Å²) in [6.07, 6.45) is 3.85. The molecule has 0 radical (unpaired) electrons. The first-order valence-electron chi connectivity index (χ1n) is 7.99. The Labute approximate surface area is 120 Å². The molecule has 0 amide bonds. The summed E-state index contributed by atoms with van der Waals surface area (Å²) in [5.41, 5.74) is 0.327. The molecule has 1 N–H and O–H groups in total. The molecule has 1 rings (SSSR count). The zero-order valence-corrected chi connectivity index (χ0v) is 14.0. The van der Waals surface area contributed by atoms with E-state index >= 15 is 0 Å². The molecule has 3 nitrogen and oxygen atoms in total. The van der Waals surface area contributed by atoms with Gasteiger partial charge in [0.1, 0.15) is 0 Å². The van der Waals surface area contributed by atoms with Crippen LogP contribution in [0.25, 0.3) is 0 Å². The SMILES string of the molecule is CCCNC(C)C(C)(C)CN(C)C1CCN(C)CC1. The summed E-state index contributed by atoms with van der Waals surface area (Å²) < 4.78 is 0. The Morgan fingerprint density at radius 2 is 1.89 bits per heavy atom. The van der Waals surface area contributed by atoms with Crippen LogP contribution in [0.5, 0.6) is 0 Å². The van der Waals surface area contributed by atoms with Crippen LogP contribution in [0.15, 0.2) is 0 Å². The van der Waals surface area contributed by atoms with E-state index in [0.717, 1.165) is 12.6 Å². The summed E-state index contributed by atoms with van der Waals surface area (Å²) in [4.78, 5) is 5.04. The second kappa shape index (κ2) is 7.61. The molecule has 1 fully saturated rings. The Morgan fingerprint density at radius 1 is 1.32 bits per heavy atom. The maximum Gasteiger partial charge on any atom is 0.0117 e. The van der Waals surface area contributed by atoms with Crippen molar-refractivity contribution in [1.29, 1.82) is 0 Å². The van der Waals surface area contributed by atoms with Crippen LogP contribution in [0.2, 0.25) is 0 Å². The highest BCUT2D eigenvalue weighted by molar-refractivity contribution is 4.86. The first-order valence-corrected chi connectivity index (χ1v) is 7.99. The molecule has 0 aromatic carbocycles. The van der Waals surface area contributed by atoms with Gasteiger partial charge < -0.3 is 15.1 Å². The third-order valence-electron chi connectivity index (χ3n) is 4.84. The zero-order valence-electron chi connectivity index (χ0n) is 14.0. The molecular formula is C16H35N3. The molecule has 0 spiro atoms. The van der Waals surface area contributed by atoms with Crippen LogP contribution in [0, 0.1) is 5.41 Å². The van der Waals surface area contributed by atoms with E-state index in [9.17, 15) is 0 Å². The third-order valence-corrected chi connectivity index (χ3v) is 4.84. The number of hydrogen-bond donors (Lipinski definition) is 1. The van der Waals surface area contributed by atoms with Gasteiger partial charge >= 0.3 is 0 Å². The van der Waals surface area contributed by atoms with E-state index in [1.807, 2.05) is 0 Å². The molecule has 114 valence electrons. The smallest absolute Gasteiger partial charge is 0.0117 e. The Bertz CT molecular complexity index is 244. The third kappa shape index (κ3) is 5.41. The fourth-order valence-corrected chi connectivity index (χ4v) is 2.98. The van der Waals surface area contributed by atoms with Gasteiger partial charge in [0.15, 0.2) is 0 Å². The lowest BCUT2D eigenvalue weighted by atomic mass is 9.84. The number of piperidine rings is 1. The van der Waals surface area contributed by atoms with Crippen LogP contribution < -0.4 is 5.32 Å². The minimum Gasteiger partial charge on any atom is -0.314 e. The van der Waals surface area contributed by atoms with E-state index in [1.54, 1.807) is 0 Å². The summed E-state index contributed by atoms with van der Waals surface area (Å²) in [7, 11) is 4.54. The van der Waals surface area contributed by atoms with Gasteiger partial charge in [0.05, 0.1) is 0 Å². The molecule has 19 heavy (non-hydrogen) atoms. The van der Waals surface area contributed by atoms with Crippen molar-refractivity contribution < 1.29 is 0 Å². The maximum absolute atomic E-state index is 3.65. The first kappa shape index (κ1) is 16.9. The van der Waals surface area contributed by atoms with Crippen molar-refractivity contribution >= 4 is 0 Å². The topological polar surface area (TPSA) is 18.5 Å². The quantitative estimate of drug-likeness (QED) is 0.766. The van der Waals surface area contributed by atoms with Gasteiger partial charge in [-0.25, -0.2) is 0 Å². The van der Waals surface area contributed by atoms with Crippen molar-refractivity contribution in [3.05, 3.63) is 0 Å². The Balaban J connectivity index is 2.42. The average molecular weight is 269 g/mol. The van der Waals surface area contributed by atoms with Crippen molar-refractivity contribution in [3.8, 4) is 0 Å². The molecule has 1 heterocycles. The van der Waals surface area contributed by atoms with Crippen molar-refractivity contribution in [2.45, 2.75) is 59.0 Å². The fraction of sp³-hybridized carbons (Fsp3) is 1.00. The summed E-state index contributed by atoms with van der Waals surface area (Å²) in [6.45, 7) is 14.2. The van der Waals surface area contributed by atoms with E-state index in [1.165, 1.54) is 38.9 Å². The van der Waals surface area contributed by atoms with Crippen LogP contribution in [0.1, 0.15) is 47.0 Å². The molecule has 1 aliphatic rings. The van der Waals surface area contributed by atoms with Crippen LogP contribution >= 0.6 is 0 Å². The second-order valence-corrected chi connectivity index (χ2v) is 7.11. The maximum atomic E-state index is 3.65. The number of rotatable bonds is 7. The lowest BCUT2D eigenvalue weighted by Crippen LogP contribution is -2.50. The van der Waals surface area contributed by atoms with Crippen LogP contribution in [0.4, 0.5) is 0 Å². The largest absolute Gasteiger partial charge is 0.314 e. The molecule has 1 atom stereocenters. The lowest BCUT2D eigenvalue weighted by molar-refractivity contribution is 0.0913. The van der Waals surface area contributed by atoms with Gasteiger partial charge in [-0.15, -0.1) is 0 Å².